The van der Waals surface area contributed by atoms with E-state index in [4.69, 9.17) is 9.47 Å². The van der Waals surface area contributed by atoms with Crippen LogP contribution in [0.5, 0.6) is 11.5 Å². The van der Waals surface area contributed by atoms with Crippen LogP contribution in [0.1, 0.15) is 56.6 Å². The Balaban J connectivity index is 1.25. The zero-order valence-electron chi connectivity index (χ0n) is 15.2. The maximum absolute atomic E-state index is 12.8. The molecule has 26 heavy (non-hydrogen) atoms. The summed E-state index contributed by atoms with van der Waals surface area (Å²) in [6.07, 6.45) is 7.93. The molecule has 1 amide bonds. The number of amides is 1. The van der Waals surface area contributed by atoms with Gasteiger partial charge in [-0.3, -0.25) is 4.79 Å². The number of rotatable bonds is 5. The predicted molar refractivity (Wildman–Crippen MR) is 98.3 cm³/mol. The Bertz CT molecular complexity index is 676. The molecule has 3 heterocycles. The van der Waals surface area contributed by atoms with Gasteiger partial charge in [-0.2, -0.15) is 0 Å². The van der Waals surface area contributed by atoms with Crippen LogP contribution in [0.25, 0.3) is 0 Å². The Hall–Kier alpha value is -1.75. The summed E-state index contributed by atoms with van der Waals surface area (Å²) in [5.74, 6) is 2.93. The molecule has 3 unspecified atom stereocenters. The van der Waals surface area contributed by atoms with Crippen LogP contribution < -0.4 is 20.1 Å². The molecule has 0 aromatic heterocycles. The van der Waals surface area contributed by atoms with Gasteiger partial charge in [0, 0.05) is 18.5 Å². The van der Waals surface area contributed by atoms with Gasteiger partial charge >= 0.3 is 0 Å². The third-order valence-electron chi connectivity index (χ3n) is 6.38. The van der Waals surface area contributed by atoms with E-state index in [0.717, 1.165) is 29.9 Å². The molecule has 1 aromatic rings. The van der Waals surface area contributed by atoms with E-state index < -0.39 is 0 Å². The van der Waals surface area contributed by atoms with E-state index in [1.165, 1.54) is 25.7 Å². The summed E-state index contributed by atoms with van der Waals surface area (Å²) >= 11 is 0. The zero-order chi connectivity index (χ0) is 17.5. The normalized spacial score (nSPS) is 30.7. The first-order valence-corrected chi connectivity index (χ1v) is 10.2. The summed E-state index contributed by atoms with van der Waals surface area (Å²) in [4.78, 5) is 12.8. The van der Waals surface area contributed by atoms with Crippen molar-refractivity contribution >= 4 is 5.91 Å². The number of benzene rings is 1. The highest BCUT2D eigenvalue weighted by Gasteiger charge is 2.37. The molecule has 4 aliphatic rings. The molecule has 1 aliphatic carbocycles. The lowest BCUT2D eigenvalue weighted by Gasteiger charge is -2.29. The van der Waals surface area contributed by atoms with E-state index in [9.17, 15) is 4.79 Å². The highest BCUT2D eigenvalue weighted by Crippen LogP contribution is 2.43. The van der Waals surface area contributed by atoms with Crippen LogP contribution in [0, 0.1) is 11.8 Å². The Morgan fingerprint density at radius 2 is 1.81 bits per heavy atom. The number of carbonyl (C=O) groups excluding carboxylic acids is 1. The minimum absolute atomic E-state index is 0.108. The molecule has 2 saturated heterocycles. The van der Waals surface area contributed by atoms with Crippen LogP contribution in [0.4, 0.5) is 0 Å². The first-order chi connectivity index (χ1) is 12.7. The number of piperidine rings is 1. The molecule has 2 N–H and O–H groups in total. The summed E-state index contributed by atoms with van der Waals surface area (Å²) in [5.41, 5.74) is 1.15. The standard InChI is InChI=1S/C21H28N2O3/c24-20(11-13-9-16-4-5-17(10-13)22-16)23-21(14-1-2-14)15-3-6-18-19(12-15)26-8-7-25-18/h3,6,12-14,16-17,21-22H,1-2,4-5,7-11H2,(H,23,24). The van der Waals surface area contributed by atoms with Crippen molar-refractivity contribution in [2.45, 2.75) is 63.1 Å². The Morgan fingerprint density at radius 3 is 2.54 bits per heavy atom. The minimum Gasteiger partial charge on any atom is -0.486 e. The quantitative estimate of drug-likeness (QED) is 0.852. The van der Waals surface area contributed by atoms with Crippen molar-refractivity contribution in [3.63, 3.8) is 0 Å². The van der Waals surface area contributed by atoms with E-state index in [1.54, 1.807) is 0 Å². The van der Waals surface area contributed by atoms with E-state index in [1.807, 2.05) is 6.07 Å². The molecular formula is C21H28N2O3. The highest BCUT2D eigenvalue weighted by molar-refractivity contribution is 5.77. The van der Waals surface area contributed by atoms with E-state index in [0.29, 0.717) is 43.6 Å². The smallest absolute Gasteiger partial charge is 0.220 e. The highest BCUT2D eigenvalue weighted by atomic mass is 16.6. The summed E-state index contributed by atoms with van der Waals surface area (Å²) in [6.45, 7) is 1.20. The Kier molecular flexibility index (Phi) is 4.27. The number of nitrogens with one attached hydrogen (secondary N) is 2. The Morgan fingerprint density at radius 1 is 1.08 bits per heavy atom. The van der Waals surface area contributed by atoms with Crippen LogP contribution in [0.2, 0.25) is 0 Å². The fourth-order valence-corrected chi connectivity index (χ4v) is 4.99. The van der Waals surface area contributed by atoms with Gasteiger partial charge in [0.05, 0.1) is 6.04 Å². The van der Waals surface area contributed by atoms with Gasteiger partial charge in [0.2, 0.25) is 5.91 Å². The third-order valence-corrected chi connectivity index (χ3v) is 6.38. The molecule has 3 aliphatic heterocycles. The van der Waals surface area contributed by atoms with Crippen molar-refractivity contribution in [1.82, 2.24) is 10.6 Å². The van der Waals surface area contributed by atoms with Crippen molar-refractivity contribution < 1.29 is 14.3 Å². The molecule has 1 saturated carbocycles. The van der Waals surface area contributed by atoms with Gasteiger partial charge < -0.3 is 20.1 Å². The van der Waals surface area contributed by atoms with Crippen molar-refractivity contribution in [2.75, 3.05) is 13.2 Å². The average molecular weight is 356 g/mol. The number of carbonyl (C=O) groups is 1. The monoisotopic (exact) mass is 356 g/mol. The van der Waals surface area contributed by atoms with Crippen LogP contribution >= 0.6 is 0 Å². The zero-order valence-corrected chi connectivity index (χ0v) is 15.2. The lowest BCUT2D eigenvalue weighted by Crippen LogP contribution is -2.40. The maximum atomic E-state index is 12.8. The van der Waals surface area contributed by atoms with E-state index in [-0.39, 0.29) is 11.9 Å². The molecule has 5 rings (SSSR count). The topological polar surface area (TPSA) is 59.6 Å². The van der Waals surface area contributed by atoms with Gasteiger partial charge in [0.1, 0.15) is 13.2 Å². The molecule has 5 nitrogen and oxygen atoms in total. The second-order valence-electron chi connectivity index (χ2n) is 8.47. The van der Waals surface area contributed by atoms with Crippen molar-refractivity contribution in [3.8, 4) is 11.5 Å². The molecule has 140 valence electrons. The van der Waals surface area contributed by atoms with Gasteiger partial charge in [-0.15, -0.1) is 0 Å². The van der Waals surface area contributed by atoms with Gasteiger partial charge in [-0.25, -0.2) is 0 Å². The molecule has 0 radical (unpaired) electrons. The molecule has 3 fully saturated rings. The van der Waals surface area contributed by atoms with Crippen LogP contribution in [-0.4, -0.2) is 31.2 Å². The maximum Gasteiger partial charge on any atom is 0.220 e. The molecule has 0 spiro atoms. The molecule has 5 heteroatoms. The number of hydrogen-bond donors (Lipinski definition) is 2. The third kappa shape index (κ3) is 3.41. The fourth-order valence-electron chi connectivity index (χ4n) is 4.99. The summed E-state index contributed by atoms with van der Waals surface area (Å²) in [5, 5.41) is 7.00. The van der Waals surface area contributed by atoms with Crippen molar-refractivity contribution in [1.29, 1.82) is 0 Å². The van der Waals surface area contributed by atoms with E-state index in [2.05, 4.69) is 22.8 Å². The van der Waals surface area contributed by atoms with Crippen LogP contribution in [0.3, 0.4) is 0 Å². The first kappa shape index (κ1) is 16.4. The number of hydrogen-bond acceptors (Lipinski definition) is 4. The summed E-state index contributed by atoms with van der Waals surface area (Å²) in [6, 6.07) is 7.52. The average Bonchev–Trinajstić information content (AvgIpc) is 3.44. The fraction of sp³-hybridized carbons (Fsp3) is 0.667. The lowest BCUT2D eigenvalue weighted by molar-refractivity contribution is -0.123. The lowest BCUT2D eigenvalue weighted by atomic mass is 9.89. The molecule has 3 atom stereocenters. The van der Waals surface area contributed by atoms with Crippen LogP contribution in [-0.2, 0) is 4.79 Å². The van der Waals surface area contributed by atoms with E-state index >= 15 is 0 Å². The molecule has 2 bridgehead atoms. The van der Waals surface area contributed by atoms with Crippen molar-refractivity contribution in [3.05, 3.63) is 23.8 Å². The number of fused-ring (bicyclic) bond motifs is 3. The van der Waals surface area contributed by atoms with Crippen molar-refractivity contribution in [2.24, 2.45) is 11.8 Å². The minimum atomic E-state index is 0.108. The molecular weight excluding hydrogens is 328 g/mol. The van der Waals surface area contributed by atoms with Gasteiger partial charge in [0.15, 0.2) is 11.5 Å². The van der Waals surface area contributed by atoms with Gasteiger partial charge in [-0.1, -0.05) is 6.07 Å². The number of ether oxygens (including phenoxy) is 2. The van der Waals surface area contributed by atoms with Gasteiger partial charge in [-0.05, 0) is 68.1 Å². The second-order valence-corrected chi connectivity index (χ2v) is 8.47. The molecule has 1 aromatic carbocycles. The first-order valence-electron chi connectivity index (χ1n) is 10.2. The van der Waals surface area contributed by atoms with Crippen LogP contribution in [0.15, 0.2) is 18.2 Å². The Labute approximate surface area is 154 Å². The largest absolute Gasteiger partial charge is 0.486 e. The predicted octanol–water partition coefficient (Wildman–Crippen LogP) is 2.95. The summed E-state index contributed by atoms with van der Waals surface area (Å²) < 4.78 is 11.4. The second kappa shape index (κ2) is 6.76. The summed E-state index contributed by atoms with van der Waals surface area (Å²) in [7, 11) is 0. The SMILES string of the molecule is O=C(CC1CC2CCC(C1)N2)NC(c1ccc2c(c1)OCCO2)C1CC1. The van der Waals surface area contributed by atoms with Gasteiger partial charge in [0.25, 0.3) is 0 Å².